The molecule has 9 nitrogen and oxygen atoms in total. The number of carbonyl (C=O) groups excluding carboxylic acids is 1. The second kappa shape index (κ2) is 7.96. The van der Waals surface area contributed by atoms with E-state index in [4.69, 9.17) is 4.74 Å². The average Bonchev–Trinajstić information content (AvgIpc) is 3.26. The predicted molar refractivity (Wildman–Crippen MR) is 96.4 cm³/mol. The lowest BCUT2D eigenvalue weighted by atomic mass is 10.3. The standard InChI is InChI=1S/C17H23N7O2/c1-12(16-20-13-6-4-5-7-14(13)21-16)19-17(25)23(2)10-15-22-18-11-24(15)8-9-26-3/h4-7,11-12H,8-10H2,1-3H3,(H,19,25)(H,20,21). The highest BCUT2D eigenvalue weighted by atomic mass is 16.5. The number of methoxy groups -OCH3 is 1. The highest BCUT2D eigenvalue weighted by molar-refractivity contribution is 5.76. The highest BCUT2D eigenvalue weighted by Gasteiger charge is 2.18. The van der Waals surface area contributed by atoms with Gasteiger partial charge in [0.25, 0.3) is 0 Å². The van der Waals surface area contributed by atoms with Crippen LogP contribution in [0, 0.1) is 0 Å². The number of urea groups is 1. The molecule has 0 saturated carbocycles. The minimum Gasteiger partial charge on any atom is -0.383 e. The van der Waals surface area contributed by atoms with E-state index in [9.17, 15) is 4.79 Å². The number of benzene rings is 1. The van der Waals surface area contributed by atoms with Crippen LogP contribution in [0.5, 0.6) is 0 Å². The molecule has 1 unspecified atom stereocenters. The van der Waals surface area contributed by atoms with Gasteiger partial charge >= 0.3 is 6.03 Å². The van der Waals surface area contributed by atoms with E-state index in [-0.39, 0.29) is 12.1 Å². The number of carbonyl (C=O) groups is 1. The number of ether oxygens (including phenoxy) is 1. The third-order valence-corrected chi connectivity index (χ3v) is 4.12. The van der Waals surface area contributed by atoms with E-state index >= 15 is 0 Å². The number of para-hydroxylation sites is 2. The van der Waals surface area contributed by atoms with Crippen LogP contribution in [0.3, 0.4) is 0 Å². The molecule has 2 amide bonds. The lowest BCUT2D eigenvalue weighted by molar-refractivity contribution is 0.183. The Balaban J connectivity index is 1.61. The normalized spacial score (nSPS) is 12.3. The van der Waals surface area contributed by atoms with E-state index in [0.717, 1.165) is 16.9 Å². The number of rotatable bonds is 7. The lowest BCUT2D eigenvalue weighted by Gasteiger charge is -2.20. The van der Waals surface area contributed by atoms with Crippen molar-refractivity contribution in [2.75, 3.05) is 20.8 Å². The summed E-state index contributed by atoms with van der Waals surface area (Å²) in [5.74, 6) is 1.42. The second-order valence-corrected chi connectivity index (χ2v) is 6.10. The maximum Gasteiger partial charge on any atom is 0.318 e. The molecule has 1 aromatic carbocycles. The first-order valence-corrected chi connectivity index (χ1v) is 8.40. The number of hydrogen-bond acceptors (Lipinski definition) is 5. The molecule has 138 valence electrons. The van der Waals surface area contributed by atoms with Crippen molar-refractivity contribution in [1.29, 1.82) is 0 Å². The summed E-state index contributed by atoms with van der Waals surface area (Å²) in [4.78, 5) is 21.8. The minimum absolute atomic E-state index is 0.209. The molecule has 0 aliphatic carbocycles. The van der Waals surface area contributed by atoms with Gasteiger partial charge in [-0.05, 0) is 19.1 Å². The van der Waals surface area contributed by atoms with Crippen molar-refractivity contribution in [3.05, 3.63) is 42.2 Å². The molecule has 2 aromatic heterocycles. The van der Waals surface area contributed by atoms with Crippen LogP contribution in [0.1, 0.15) is 24.6 Å². The third kappa shape index (κ3) is 3.99. The van der Waals surface area contributed by atoms with Crippen LogP contribution in [0.4, 0.5) is 4.79 Å². The number of fused-ring (bicyclic) bond motifs is 1. The van der Waals surface area contributed by atoms with Crippen molar-refractivity contribution in [2.45, 2.75) is 26.1 Å². The van der Waals surface area contributed by atoms with E-state index in [1.54, 1.807) is 25.4 Å². The van der Waals surface area contributed by atoms with Gasteiger partial charge in [0.15, 0.2) is 5.82 Å². The second-order valence-electron chi connectivity index (χ2n) is 6.10. The van der Waals surface area contributed by atoms with Crippen LogP contribution in [-0.2, 0) is 17.8 Å². The monoisotopic (exact) mass is 357 g/mol. The molecular formula is C17H23N7O2. The number of hydrogen-bond donors (Lipinski definition) is 2. The zero-order chi connectivity index (χ0) is 18.5. The Labute approximate surface area is 151 Å². The quantitative estimate of drug-likeness (QED) is 0.670. The van der Waals surface area contributed by atoms with Crippen molar-refractivity contribution in [3.8, 4) is 0 Å². The van der Waals surface area contributed by atoms with Gasteiger partial charge in [-0.15, -0.1) is 10.2 Å². The van der Waals surface area contributed by atoms with Gasteiger partial charge in [-0.2, -0.15) is 0 Å². The summed E-state index contributed by atoms with van der Waals surface area (Å²) >= 11 is 0. The van der Waals surface area contributed by atoms with Crippen molar-refractivity contribution in [3.63, 3.8) is 0 Å². The molecular weight excluding hydrogens is 334 g/mol. The molecule has 26 heavy (non-hydrogen) atoms. The molecule has 2 N–H and O–H groups in total. The maximum absolute atomic E-state index is 12.5. The van der Waals surface area contributed by atoms with Gasteiger partial charge < -0.3 is 24.5 Å². The molecule has 3 rings (SSSR count). The third-order valence-electron chi connectivity index (χ3n) is 4.12. The van der Waals surface area contributed by atoms with Crippen molar-refractivity contribution >= 4 is 17.1 Å². The first-order valence-electron chi connectivity index (χ1n) is 8.40. The van der Waals surface area contributed by atoms with E-state index in [1.165, 1.54) is 0 Å². The zero-order valence-electron chi connectivity index (χ0n) is 15.1. The smallest absolute Gasteiger partial charge is 0.318 e. The summed E-state index contributed by atoms with van der Waals surface area (Å²) in [5, 5.41) is 10.9. The Morgan fingerprint density at radius 1 is 1.42 bits per heavy atom. The Hall–Kier alpha value is -2.94. The number of nitrogens with one attached hydrogen (secondary N) is 2. The number of aromatic nitrogens is 5. The minimum atomic E-state index is -0.247. The van der Waals surface area contributed by atoms with Gasteiger partial charge in [0.1, 0.15) is 12.2 Å². The lowest BCUT2D eigenvalue weighted by Crippen LogP contribution is -2.39. The number of H-pyrrole nitrogens is 1. The number of aromatic amines is 1. The summed E-state index contributed by atoms with van der Waals surface area (Å²) in [5.41, 5.74) is 1.83. The summed E-state index contributed by atoms with van der Waals surface area (Å²) in [6.45, 7) is 3.45. The van der Waals surface area contributed by atoms with Crippen LogP contribution >= 0.6 is 0 Å². The van der Waals surface area contributed by atoms with Gasteiger partial charge in [0.2, 0.25) is 0 Å². The molecule has 0 aliphatic heterocycles. The number of nitrogens with zero attached hydrogens (tertiary/aromatic N) is 5. The topological polar surface area (TPSA) is 101 Å². The van der Waals surface area contributed by atoms with E-state index < -0.39 is 0 Å². The molecule has 0 fully saturated rings. The molecule has 0 aliphatic rings. The zero-order valence-corrected chi connectivity index (χ0v) is 15.1. The van der Waals surface area contributed by atoms with Crippen LogP contribution in [0.25, 0.3) is 11.0 Å². The van der Waals surface area contributed by atoms with Crippen LogP contribution < -0.4 is 5.32 Å². The van der Waals surface area contributed by atoms with Crippen LogP contribution in [0.2, 0.25) is 0 Å². The fourth-order valence-electron chi connectivity index (χ4n) is 2.60. The predicted octanol–water partition coefficient (Wildman–Crippen LogP) is 1.70. The summed E-state index contributed by atoms with van der Waals surface area (Å²) in [6.07, 6.45) is 1.64. The molecule has 0 radical (unpaired) electrons. The number of amides is 2. The Morgan fingerprint density at radius 3 is 3.00 bits per heavy atom. The van der Waals surface area contributed by atoms with Crippen molar-refractivity contribution < 1.29 is 9.53 Å². The average molecular weight is 357 g/mol. The molecule has 0 bridgehead atoms. The Bertz CT molecular complexity index is 840. The molecule has 0 spiro atoms. The Morgan fingerprint density at radius 2 is 2.23 bits per heavy atom. The SMILES string of the molecule is COCCn1cnnc1CN(C)C(=O)NC(C)c1nc2ccccc2[nH]1. The van der Waals surface area contributed by atoms with Gasteiger partial charge in [-0.3, -0.25) is 0 Å². The van der Waals surface area contributed by atoms with Gasteiger partial charge in [-0.1, -0.05) is 12.1 Å². The van der Waals surface area contributed by atoms with Crippen molar-refractivity contribution in [2.24, 2.45) is 0 Å². The fraction of sp³-hybridized carbons (Fsp3) is 0.412. The van der Waals surface area contributed by atoms with E-state index in [2.05, 4.69) is 25.5 Å². The Kier molecular flexibility index (Phi) is 5.47. The first kappa shape index (κ1) is 17.9. The van der Waals surface area contributed by atoms with Crippen LogP contribution in [-0.4, -0.2) is 56.4 Å². The fourth-order valence-corrected chi connectivity index (χ4v) is 2.60. The maximum atomic E-state index is 12.5. The molecule has 1 atom stereocenters. The highest BCUT2D eigenvalue weighted by Crippen LogP contribution is 2.15. The van der Waals surface area contributed by atoms with Crippen molar-refractivity contribution in [1.82, 2.24) is 34.9 Å². The van der Waals surface area contributed by atoms with Gasteiger partial charge in [0.05, 0.1) is 30.2 Å². The molecule has 9 heteroatoms. The van der Waals surface area contributed by atoms with Gasteiger partial charge in [-0.25, -0.2) is 9.78 Å². The molecule has 0 saturated heterocycles. The summed E-state index contributed by atoms with van der Waals surface area (Å²) in [6, 6.07) is 7.32. The van der Waals surface area contributed by atoms with Crippen LogP contribution in [0.15, 0.2) is 30.6 Å². The van der Waals surface area contributed by atoms with E-state index in [1.807, 2.05) is 35.8 Å². The molecule has 2 heterocycles. The summed E-state index contributed by atoms with van der Waals surface area (Å²) < 4.78 is 6.94. The van der Waals surface area contributed by atoms with Gasteiger partial charge in [0, 0.05) is 20.7 Å². The number of imidazole rings is 1. The van der Waals surface area contributed by atoms with E-state index in [0.29, 0.717) is 25.5 Å². The summed E-state index contributed by atoms with van der Waals surface area (Å²) in [7, 11) is 3.36. The first-order chi connectivity index (χ1) is 12.6. The molecule has 3 aromatic rings. The largest absolute Gasteiger partial charge is 0.383 e.